The lowest BCUT2D eigenvalue weighted by atomic mass is 10.8. The van der Waals surface area contributed by atoms with Crippen LogP contribution in [0.2, 0.25) is 0 Å². The van der Waals surface area contributed by atoms with Crippen LogP contribution in [0, 0.1) is 0 Å². The van der Waals surface area contributed by atoms with Crippen molar-refractivity contribution < 1.29 is 51.9 Å². The molecule has 1 N–H and O–H groups in total. The highest BCUT2D eigenvalue weighted by Crippen LogP contribution is 2.24. The highest BCUT2D eigenvalue weighted by Gasteiger charge is 2.48. The molecule has 0 aliphatic heterocycles. The average molecular weight is 355 g/mol. The molecule has 0 saturated heterocycles. The fourth-order valence-corrected chi connectivity index (χ4v) is 0.730. The van der Waals surface area contributed by atoms with E-state index in [2.05, 4.69) is 9.18 Å². The van der Waals surface area contributed by atoms with Gasteiger partial charge in [-0.1, -0.05) is 0 Å². The summed E-state index contributed by atoms with van der Waals surface area (Å²) in [6.07, 6.45) is 0. The quantitative estimate of drug-likeness (QED) is 0.190. The van der Waals surface area contributed by atoms with Gasteiger partial charge in [-0.2, -0.15) is 43.2 Å². The lowest BCUT2D eigenvalue weighted by Gasteiger charge is -2.07. The van der Waals surface area contributed by atoms with Gasteiger partial charge in [-0.25, -0.2) is 0 Å². The zero-order chi connectivity index (χ0) is 17.0. The van der Waals surface area contributed by atoms with Gasteiger partial charge in [0.25, 0.3) is 0 Å². The molecule has 0 aliphatic rings. The minimum absolute atomic E-state index is 0.563. The van der Waals surface area contributed by atoms with Gasteiger partial charge in [-0.05, 0) is 0 Å². The largest absolute Gasteiger partial charge is 0.534 e. The van der Waals surface area contributed by atoms with E-state index in [9.17, 15) is 34.8 Å². The Hall–Kier alpha value is -1.09. The first-order valence-corrected chi connectivity index (χ1v) is 6.78. The predicted molar refractivity (Wildman–Crippen MR) is 52.7 cm³/mol. The average Bonchev–Trinajstić information content (AvgIpc) is 2.12. The van der Waals surface area contributed by atoms with Crippen molar-refractivity contribution in [3.8, 4) is 0 Å². The summed E-state index contributed by atoms with van der Waals surface area (Å²) >= 11 is 0. The van der Waals surface area contributed by atoms with Crippen LogP contribution in [-0.2, 0) is 24.4 Å². The molecule has 0 fully saturated rings. The Bertz CT molecular complexity index is 543. The van der Waals surface area contributed by atoms with Crippen molar-refractivity contribution in [2.75, 3.05) is 7.05 Å². The molecule has 15 heteroatoms. The molecule has 0 aromatic heterocycles. The summed E-state index contributed by atoms with van der Waals surface area (Å²) in [4.78, 5) is 3.10. The molecular formula is C5H7F6NO6S2. The van der Waals surface area contributed by atoms with Gasteiger partial charge in [0.1, 0.15) is 0 Å². The summed E-state index contributed by atoms with van der Waals surface area (Å²) in [5.74, 6) is -0.563. The molecule has 0 rings (SSSR count). The number of aliphatic imine (C=N–C) groups is 1. The van der Waals surface area contributed by atoms with Crippen LogP contribution in [0.3, 0.4) is 0 Å². The monoisotopic (exact) mass is 355 g/mol. The second-order valence-electron chi connectivity index (χ2n) is 2.65. The minimum atomic E-state index is -5.84. The molecular weight excluding hydrogens is 348 g/mol. The van der Waals surface area contributed by atoms with Crippen molar-refractivity contribution in [3.63, 3.8) is 0 Å². The third kappa shape index (κ3) is 7.49. The highest BCUT2D eigenvalue weighted by atomic mass is 32.2. The summed E-state index contributed by atoms with van der Waals surface area (Å²) in [5.41, 5.74) is -10.9. The molecule has 0 spiro atoms. The molecule has 0 radical (unpaired) electrons. The fraction of sp³-hybridized carbons (Fsp3) is 0.800. The van der Waals surface area contributed by atoms with Crippen molar-refractivity contribution in [2.45, 2.75) is 17.9 Å². The summed E-state index contributed by atoms with van der Waals surface area (Å²) in [6.45, 7) is 1.00. The van der Waals surface area contributed by atoms with Gasteiger partial charge < -0.3 is 4.18 Å². The van der Waals surface area contributed by atoms with E-state index in [1.165, 1.54) is 0 Å². The van der Waals surface area contributed by atoms with Crippen LogP contribution in [0.25, 0.3) is 0 Å². The second-order valence-corrected chi connectivity index (χ2v) is 5.60. The predicted octanol–water partition coefficient (Wildman–Crippen LogP) is 1.29. The van der Waals surface area contributed by atoms with Crippen LogP contribution in [0.4, 0.5) is 26.3 Å². The normalized spacial score (nSPS) is 14.3. The molecule has 0 heterocycles. The number of rotatable bonds is 1. The van der Waals surface area contributed by atoms with Gasteiger partial charge in [0.05, 0.1) is 0 Å². The minimum Gasteiger partial charge on any atom is -0.361 e. The van der Waals surface area contributed by atoms with E-state index in [4.69, 9.17) is 13.0 Å². The van der Waals surface area contributed by atoms with E-state index >= 15 is 0 Å². The molecule has 122 valence electrons. The number of hydrogen-bond acceptors (Lipinski definition) is 6. The van der Waals surface area contributed by atoms with E-state index in [-0.39, 0.29) is 0 Å². The fourth-order valence-electron chi connectivity index (χ4n) is 0.243. The SMILES string of the molecule is C/N=C(/C)OS(=O)(=O)C(F)(F)F.O=S(=O)(O)C(F)(F)F. The van der Waals surface area contributed by atoms with E-state index in [1.807, 2.05) is 0 Å². The zero-order valence-electron chi connectivity index (χ0n) is 9.52. The molecule has 0 unspecified atom stereocenters. The molecule has 0 atom stereocenters. The summed E-state index contributed by atoms with van der Waals surface area (Å²) in [6, 6.07) is 0. The van der Waals surface area contributed by atoms with Crippen molar-refractivity contribution in [1.82, 2.24) is 0 Å². The van der Waals surface area contributed by atoms with Crippen LogP contribution in [0.15, 0.2) is 4.99 Å². The van der Waals surface area contributed by atoms with Crippen LogP contribution < -0.4 is 0 Å². The molecule has 0 aromatic rings. The van der Waals surface area contributed by atoms with Gasteiger partial charge in [-0.15, -0.1) is 0 Å². The Kier molecular flexibility index (Phi) is 6.97. The van der Waals surface area contributed by atoms with Crippen molar-refractivity contribution in [2.24, 2.45) is 4.99 Å². The van der Waals surface area contributed by atoms with E-state index in [1.54, 1.807) is 0 Å². The number of nitrogens with zero attached hydrogens (tertiary/aromatic N) is 1. The number of halogens is 6. The molecule has 0 aromatic carbocycles. The van der Waals surface area contributed by atoms with Gasteiger partial charge >= 0.3 is 31.3 Å². The lowest BCUT2D eigenvalue weighted by molar-refractivity contribution is -0.0512. The topological polar surface area (TPSA) is 110 Å². The van der Waals surface area contributed by atoms with Gasteiger partial charge in [0, 0.05) is 14.0 Å². The molecule has 7 nitrogen and oxygen atoms in total. The molecule has 20 heavy (non-hydrogen) atoms. The molecule has 0 amide bonds. The smallest absolute Gasteiger partial charge is 0.361 e. The standard InChI is InChI=1S/C4H6F3NO3S.CHF3O3S/c1-3(8-2)11-12(9,10)4(5,6)7;2-1(3,4)8(5,6)7/h1-2H3;(H,5,6,7)/b8-3-;. The first-order valence-electron chi connectivity index (χ1n) is 3.93. The maximum atomic E-state index is 11.6. The lowest BCUT2D eigenvalue weighted by Crippen LogP contribution is -2.27. The summed E-state index contributed by atoms with van der Waals surface area (Å²) in [5, 5.41) is 0. The third-order valence-corrected chi connectivity index (χ3v) is 2.73. The van der Waals surface area contributed by atoms with Crippen molar-refractivity contribution >= 4 is 26.1 Å². The maximum Gasteiger partial charge on any atom is 0.534 e. The first-order chi connectivity index (χ1) is 8.45. The van der Waals surface area contributed by atoms with E-state index in [0.29, 0.717) is 0 Å². The maximum absolute atomic E-state index is 11.6. The number of hydrogen-bond donors (Lipinski definition) is 1. The van der Waals surface area contributed by atoms with E-state index in [0.717, 1.165) is 14.0 Å². The van der Waals surface area contributed by atoms with Gasteiger partial charge in [-0.3, -0.25) is 9.55 Å². The molecule has 0 bridgehead atoms. The van der Waals surface area contributed by atoms with Gasteiger partial charge in [0.15, 0.2) is 0 Å². The molecule has 0 saturated carbocycles. The Morgan fingerprint density at radius 1 is 1.00 bits per heavy atom. The van der Waals surface area contributed by atoms with Gasteiger partial charge in [0.2, 0.25) is 5.90 Å². The van der Waals surface area contributed by atoms with Crippen molar-refractivity contribution in [3.05, 3.63) is 0 Å². The Labute approximate surface area is 109 Å². The van der Waals surface area contributed by atoms with E-state index < -0.39 is 37.2 Å². The van der Waals surface area contributed by atoms with Crippen LogP contribution in [0.1, 0.15) is 6.92 Å². The Morgan fingerprint density at radius 2 is 1.30 bits per heavy atom. The highest BCUT2D eigenvalue weighted by molar-refractivity contribution is 7.88. The van der Waals surface area contributed by atoms with Crippen LogP contribution in [-0.4, -0.2) is 45.4 Å². The first kappa shape index (κ1) is 21.2. The number of alkyl halides is 6. The summed E-state index contributed by atoms with van der Waals surface area (Å²) < 4.78 is 116. The van der Waals surface area contributed by atoms with Crippen LogP contribution >= 0.6 is 0 Å². The Balaban J connectivity index is 0. The van der Waals surface area contributed by atoms with Crippen molar-refractivity contribution in [1.29, 1.82) is 0 Å². The Morgan fingerprint density at radius 3 is 1.45 bits per heavy atom. The zero-order valence-corrected chi connectivity index (χ0v) is 11.2. The second kappa shape index (κ2) is 6.57. The third-order valence-electron chi connectivity index (χ3n) is 1.12. The molecule has 0 aliphatic carbocycles. The summed E-state index contributed by atoms with van der Waals surface area (Å²) in [7, 11) is -10.3. The van der Waals surface area contributed by atoms with Crippen LogP contribution in [0.5, 0.6) is 0 Å².